The molecule has 0 N–H and O–H groups in total. The third-order valence-corrected chi connectivity index (χ3v) is 2.31. The van der Waals surface area contributed by atoms with Crippen molar-refractivity contribution in [2.24, 2.45) is 0 Å². The van der Waals surface area contributed by atoms with Crippen molar-refractivity contribution >= 4 is 18.2 Å². The molecule has 0 aliphatic heterocycles. The molecule has 0 saturated carbocycles. The van der Waals surface area contributed by atoms with Gasteiger partial charge in [-0.25, -0.2) is 0 Å². The molecule has 13 heavy (non-hydrogen) atoms. The van der Waals surface area contributed by atoms with Gasteiger partial charge in [-0.1, -0.05) is 37.3 Å². The maximum Gasteiger partial charge on any atom is -0.00854 e. The van der Waals surface area contributed by atoms with Crippen LogP contribution in [0.1, 0.15) is 24.5 Å². The zero-order chi connectivity index (χ0) is 9.68. The molecule has 0 bridgehead atoms. The van der Waals surface area contributed by atoms with Crippen molar-refractivity contribution in [2.75, 3.05) is 6.26 Å². The van der Waals surface area contributed by atoms with Gasteiger partial charge in [0.15, 0.2) is 0 Å². The summed E-state index contributed by atoms with van der Waals surface area (Å²) in [6.45, 7) is 2.22. The fourth-order valence-electron chi connectivity index (χ4n) is 1.69. The Balaban J connectivity index is 0.000000396. The van der Waals surface area contributed by atoms with Crippen molar-refractivity contribution in [1.82, 2.24) is 0 Å². The zero-order valence-electron chi connectivity index (χ0n) is 8.25. The first-order valence-corrected chi connectivity index (χ1v) is 5.53. The average molecular weight is 192 g/mol. The lowest BCUT2D eigenvalue weighted by molar-refractivity contribution is 1.25. The highest BCUT2D eigenvalue weighted by molar-refractivity contribution is 7.79. The molecule has 0 fully saturated rings. The maximum atomic E-state index is 3.53. The van der Waals surface area contributed by atoms with E-state index >= 15 is 0 Å². The van der Waals surface area contributed by atoms with E-state index in [1.807, 2.05) is 0 Å². The summed E-state index contributed by atoms with van der Waals surface area (Å²) in [6.07, 6.45) is 6.33. The fraction of sp³-hybridized carbons (Fsp3) is 0.333. The van der Waals surface area contributed by atoms with Crippen LogP contribution < -0.4 is 0 Å². The Labute approximate surface area is 86.1 Å². The van der Waals surface area contributed by atoms with E-state index < -0.39 is 0 Å². The summed E-state index contributed by atoms with van der Waals surface area (Å²) in [5.74, 6) is 0. The molecule has 0 atom stereocenters. The molecular weight excluding hydrogens is 176 g/mol. The van der Waals surface area contributed by atoms with Crippen LogP contribution in [0.15, 0.2) is 30.3 Å². The van der Waals surface area contributed by atoms with E-state index in [0.717, 1.165) is 12.8 Å². The van der Waals surface area contributed by atoms with Gasteiger partial charge < -0.3 is 0 Å². The van der Waals surface area contributed by atoms with E-state index in [9.17, 15) is 0 Å². The number of rotatable bonds is 1. The summed E-state index contributed by atoms with van der Waals surface area (Å²) in [7, 11) is 0. The molecule has 1 aromatic carbocycles. The third kappa shape index (κ3) is 2.16. The second kappa shape index (κ2) is 5.13. The first kappa shape index (κ1) is 10.4. The minimum atomic E-state index is 1.14. The topological polar surface area (TPSA) is 0 Å². The van der Waals surface area contributed by atoms with Crippen LogP contribution >= 0.6 is 12.6 Å². The molecule has 1 aliphatic carbocycles. The quantitative estimate of drug-likeness (QED) is 0.646. The van der Waals surface area contributed by atoms with Crippen LogP contribution in [-0.2, 0) is 6.42 Å². The number of thiol groups is 1. The normalized spacial score (nSPS) is 12.7. The molecule has 0 unspecified atom stereocenters. The summed E-state index contributed by atoms with van der Waals surface area (Å²) >= 11 is 3.53. The fourth-order valence-corrected chi connectivity index (χ4v) is 1.69. The van der Waals surface area contributed by atoms with Crippen LogP contribution in [0.3, 0.4) is 0 Å². The molecule has 2 rings (SSSR count). The van der Waals surface area contributed by atoms with Gasteiger partial charge in [-0.05, 0) is 35.8 Å². The van der Waals surface area contributed by atoms with Gasteiger partial charge in [0.1, 0.15) is 0 Å². The molecule has 70 valence electrons. The van der Waals surface area contributed by atoms with Crippen molar-refractivity contribution < 1.29 is 0 Å². The average Bonchev–Trinajstić information content (AvgIpc) is 2.64. The molecule has 1 aliphatic rings. The lowest BCUT2D eigenvalue weighted by atomic mass is 10.0. The lowest BCUT2D eigenvalue weighted by Gasteiger charge is -2.00. The van der Waals surface area contributed by atoms with Gasteiger partial charge in [-0.3, -0.25) is 0 Å². The molecule has 0 spiro atoms. The van der Waals surface area contributed by atoms with Gasteiger partial charge in [0.25, 0.3) is 0 Å². The third-order valence-electron chi connectivity index (χ3n) is 2.31. The number of hydrogen-bond donors (Lipinski definition) is 1. The Morgan fingerprint density at radius 1 is 1.23 bits per heavy atom. The molecule has 0 aromatic heterocycles. The first-order chi connectivity index (χ1) is 6.42. The Hall–Kier alpha value is -0.690. The summed E-state index contributed by atoms with van der Waals surface area (Å²) in [4.78, 5) is 0. The number of hydrogen-bond acceptors (Lipinski definition) is 1. The zero-order valence-corrected chi connectivity index (χ0v) is 9.14. The van der Waals surface area contributed by atoms with Crippen molar-refractivity contribution in [1.29, 1.82) is 0 Å². The van der Waals surface area contributed by atoms with Crippen LogP contribution in [0.2, 0.25) is 0 Å². The minimum absolute atomic E-state index is 1.14. The second-order valence-corrected chi connectivity index (χ2v) is 2.94. The van der Waals surface area contributed by atoms with Crippen LogP contribution in [0.5, 0.6) is 0 Å². The Kier molecular flexibility index (Phi) is 4.10. The van der Waals surface area contributed by atoms with Gasteiger partial charge in [-0.2, -0.15) is 12.6 Å². The van der Waals surface area contributed by atoms with E-state index in [1.165, 1.54) is 16.7 Å². The predicted octanol–water partition coefficient (Wildman–Crippen LogP) is 3.58. The van der Waals surface area contributed by atoms with Gasteiger partial charge in [0.05, 0.1) is 0 Å². The number of allylic oxidation sites excluding steroid dienone is 2. The molecule has 1 heteroatoms. The van der Waals surface area contributed by atoms with Crippen LogP contribution in [-0.4, -0.2) is 6.26 Å². The SMILES string of the molecule is CCC1=CCc2ccccc21.CS. The molecular formula is C12H16S. The summed E-state index contributed by atoms with van der Waals surface area (Å²) in [5.41, 5.74) is 4.47. The second-order valence-electron chi connectivity index (χ2n) is 2.94. The van der Waals surface area contributed by atoms with Crippen LogP contribution in [0.4, 0.5) is 0 Å². The largest absolute Gasteiger partial charge is 0.183 e. The molecule has 1 aromatic rings. The smallest absolute Gasteiger partial charge is 0.00854 e. The highest BCUT2D eigenvalue weighted by atomic mass is 32.1. The van der Waals surface area contributed by atoms with E-state index in [2.05, 4.69) is 49.9 Å². The van der Waals surface area contributed by atoms with E-state index in [0.29, 0.717) is 0 Å². The Morgan fingerprint density at radius 3 is 2.62 bits per heavy atom. The summed E-state index contributed by atoms with van der Waals surface area (Å²) in [5, 5.41) is 0. The van der Waals surface area contributed by atoms with E-state index in [4.69, 9.17) is 0 Å². The first-order valence-electron chi connectivity index (χ1n) is 4.64. The van der Waals surface area contributed by atoms with Crippen molar-refractivity contribution in [3.63, 3.8) is 0 Å². The van der Waals surface area contributed by atoms with Crippen LogP contribution in [0, 0.1) is 0 Å². The van der Waals surface area contributed by atoms with Gasteiger partial charge in [0.2, 0.25) is 0 Å². The molecule has 0 nitrogen and oxygen atoms in total. The van der Waals surface area contributed by atoms with Gasteiger partial charge >= 0.3 is 0 Å². The highest BCUT2D eigenvalue weighted by Crippen LogP contribution is 2.28. The Morgan fingerprint density at radius 2 is 1.92 bits per heavy atom. The van der Waals surface area contributed by atoms with E-state index in [1.54, 1.807) is 6.26 Å². The van der Waals surface area contributed by atoms with Gasteiger partial charge in [-0.15, -0.1) is 0 Å². The van der Waals surface area contributed by atoms with Crippen molar-refractivity contribution in [3.8, 4) is 0 Å². The molecule has 0 radical (unpaired) electrons. The van der Waals surface area contributed by atoms with E-state index in [-0.39, 0.29) is 0 Å². The summed E-state index contributed by atoms with van der Waals surface area (Å²) < 4.78 is 0. The lowest BCUT2D eigenvalue weighted by Crippen LogP contribution is -1.81. The molecule has 0 saturated heterocycles. The minimum Gasteiger partial charge on any atom is -0.183 e. The van der Waals surface area contributed by atoms with Crippen LogP contribution in [0.25, 0.3) is 5.57 Å². The standard InChI is InChI=1S/C11H12.CH4S/c1-2-9-7-8-10-5-3-4-6-11(9)10;1-2/h3-7H,2,8H2,1H3;2H,1H3. The number of fused-ring (bicyclic) bond motifs is 1. The monoisotopic (exact) mass is 192 g/mol. The van der Waals surface area contributed by atoms with Crippen molar-refractivity contribution in [3.05, 3.63) is 41.5 Å². The summed E-state index contributed by atoms with van der Waals surface area (Å²) in [6, 6.07) is 8.67. The number of benzene rings is 1. The molecule has 0 heterocycles. The maximum absolute atomic E-state index is 3.53. The van der Waals surface area contributed by atoms with Gasteiger partial charge in [0, 0.05) is 0 Å². The molecule has 0 amide bonds. The highest BCUT2D eigenvalue weighted by Gasteiger charge is 2.09. The predicted molar refractivity (Wildman–Crippen MR) is 63.3 cm³/mol. The van der Waals surface area contributed by atoms with Crippen molar-refractivity contribution in [2.45, 2.75) is 19.8 Å². The Bertz CT molecular complexity index is 300.